The first-order valence-corrected chi connectivity index (χ1v) is 8.52. The van der Waals surface area contributed by atoms with Gasteiger partial charge >= 0.3 is 5.97 Å². The zero-order chi connectivity index (χ0) is 14.2. The summed E-state index contributed by atoms with van der Waals surface area (Å²) in [6.07, 6.45) is 0. The second-order valence-electron chi connectivity index (χ2n) is 3.91. The topological polar surface area (TPSA) is 77.8 Å². The van der Waals surface area contributed by atoms with E-state index in [-0.39, 0.29) is 11.3 Å². The Kier molecular flexibility index (Phi) is 4.82. The van der Waals surface area contributed by atoms with Crippen molar-refractivity contribution in [1.29, 1.82) is 0 Å². The molecule has 0 spiro atoms. The number of phenols is 1. The van der Waals surface area contributed by atoms with Crippen LogP contribution in [0.1, 0.15) is 10.4 Å². The van der Waals surface area contributed by atoms with E-state index in [1.807, 2.05) is 22.6 Å². The first kappa shape index (κ1) is 15.2. The predicted octanol–water partition coefficient (Wildman–Crippen LogP) is 2.20. The third-order valence-electron chi connectivity index (χ3n) is 2.69. The molecule has 102 valence electrons. The molecule has 1 aromatic carbocycles. The average Bonchev–Trinajstić information content (AvgIpc) is 2.82. The van der Waals surface area contributed by atoms with Crippen molar-refractivity contribution in [2.75, 3.05) is 11.6 Å². The number of hydrogen-bond donors (Lipinski definition) is 2. The summed E-state index contributed by atoms with van der Waals surface area (Å²) in [6, 6.07) is 2.50. The van der Waals surface area contributed by atoms with E-state index in [4.69, 9.17) is 5.11 Å². The van der Waals surface area contributed by atoms with Crippen LogP contribution in [-0.2, 0) is 4.79 Å². The molecule has 5 nitrogen and oxygen atoms in total. The van der Waals surface area contributed by atoms with E-state index in [9.17, 15) is 14.7 Å². The highest BCUT2D eigenvalue weighted by atomic mass is 127. The molecule has 0 bridgehead atoms. The molecule has 1 fully saturated rings. The fourth-order valence-electron chi connectivity index (χ4n) is 1.73. The summed E-state index contributed by atoms with van der Waals surface area (Å²) < 4.78 is 1.40. The van der Waals surface area contributed by atoms with Gasteiger partial charge in [0.15, 0.2) is 0 Å². The zero-order valence-electron chi connectivity index (χ0n) is 9.47. The highest BCUT2D eigenvalue weighted by Gasteiger charge is 2.36. The van der Waals surface area contributed by atoms with Gasteiger partial charge in [0.25, 0.3) is 5.91 Å². The van der Waals surface area contributed by atoms with Gasteiger partial charge in [-0.15, -0.1) is 11.8 Å². The molecule has 8 heteroatoms. The van der Waals surface area contributed by atoms with E-state index in [0.717, 1.165) is 3.57 Å². The lowest BCUT2D eigenvalue weighted by molar-refractivity contribution is -0.140. The number of nitrogens with zero attached hydrogens (tertiary/aromatic N) is 1. The van der Waals surface area contributed by atoms with Crippen LogP contribution in [0, 0.1) is 7.14 Å². The van der Waals surface area contributed by atoms with Crippen molar-refractivity contribution in [2.45, 2.75) is 6.04 Å². The van der Waals surface area contributed by atoms with Crippen molar-refractivity contribution in [3.05, 3.63) is 24.8 Å². The van der Waals surface area contributed by atoms with Gasteiger partial charge in [-0.1, -0.05) is 0 Å². The molecule has 1 atom stereocenters. The van der Waals surface area contributed by atoms with Crippen LogP contribution in [0.2, 0.25) is 0 Å². The lowest BCUT2D eigenvalue weighted by Gasteiger charge is -2.21. The quantitative estimate of drug-likeness (QED) is 0.604. The summed E-state index contributed by atoms with van der Waals surface area (Å²) in [5.74, 6) is -0.836. The fourth-order valence-corrected chi connectivity index (χ4v) is 4.72. The number of hydrogen-bond acceptors (Lipinski definition) is 4. The maximum Gasteiger partial charge on any atom is 0.327 e. The van der Waals surface area contributed by atoms with Crippen LogP contribution in [-0.4, -0.2) is 44.7 Å². The second kappa shape index (κ2) is 6.04. The SMILES string of the molecule is O=C(O)C1CSCN1C(=O)c1cc(I)cc(I)c1O. The third kappa shape index (κ3) is 3.10. The van der Waals surface area contributed by atoms with Crippen molar-refractivity contribution >= 4 is 68.8 Å². The van der Waals surface area contributed by atoms with Crippen LogP contribution >= 0.6 is 56.9 Å². The Balaban J connectivity index is 2.37. The molecule has 1 unspecified atom stereocenters. The minimum atomic E-state index is -1.02. The Morgan fingerprint density at radius 3 is 2.68 bits per heavy atom. The van der Waals surface area contributed by atoms with Gasteiger partial charge in [-0.25, -0.2) is 4.79 Å². The van der Waals surface area contributed by atoms with Gasteiger partial charge in [0.05, 0.1) is 15.0 Å². The number of benzene rings is 1. The van der Waals surface area contributed by atoms with Crippen LogP contribution in [0.15, 0.2) is 12.1 Å². The van der Waals surface area contributed by atoms with Crippen molar-refractivity contribution < 1.29 is 19.8 Å². The molecule has 1 aliphatic rings. The largest absolute Gasteiger partial charge is 0.506 e. The molecule has 2 rings (SSSR count). The molecule has 1 heterocycles. The summed E-state index contributed by atoms with van der Waals surface area (Å²) in [6.45, 7) is 0. The standard InChI is InChI=1S/C11H9I2NO4S/c12-5-1-6(9(15)7(13)2-5)10(16)14-4-19-3-8(14)11(17)18/h1-2,8,15H,3-4H2,(H,17,18). The number of phenolic OH excluding ortho intramolecular Hbond substituents is 1. The maximum atomic E-state index is 12.4. The van der Waals surface area contributed by atoms with E-state index < -0.39 is 17.9 Å². The van der Waals surface area contributed by atoms with Gasteiger partial charge < -0.3 is 15.1 Å². The van der Waals surface area contributed by atoms with Crippen LogP contribution in [0.4, 0.5) is 0 Å². The normalized spacial score (nSPS) is 18.6. The first-order valence-electron chi connectivity index (χ1n) is 5.21. The highest BCUT2D eigenvalue weighted by Crippen LogP contribution is 2.31. The zero-order valence-corrected chi connectivity index (χ0v) is 14.6. The van der Waals surface area contributed by atoms with Gasteiger partial charge in [-0.05, 0) is 57.3 Å². The number of amides is 1. The van der Waals surface area contributed by atoms with Crippen molar-refractivity contribution in [2.24, 2.45) is 0 Å². The number of aliphatic carboxylic acids is 1. The van der Waals surface area contributed by atoms with Gasteiger partial charge in [-0.3, -0.25) is 4.79 Å². The maximum absolute atomic E-state index is 12.4. The fraction of sp³-hybridized carbons (Fsp3) is 0.273. The average molecular weight is 505 g/mol. The Morgan fingerprint density at radius 2 is 2.05 bits per heavy atom. The summed E-state index contributed by atoms with van der Waals surface area (Å²) in [5, 5.41) is 19.1. The molecule has 2 N–H and O–H groups in total. The number of aromatic hydroxyl groups is 1. The molecular formula is C11H9I2NO4S. The minimum Gasteiger partial charge on any atom is -0.506 e. The summed E-state index contributed by atoms with van der Waals surface area (Å²) in [5.41, 5.74) is 0.157. The van der Waals surface area contributed by atoms with Crippen LogP contribution in [0.3, 0.4) is 0 Å². The Labute approximate surface area is 141 Å². The molecule has 1 saturated heterocycles. The monoisotopic (exact) mass is 505 g/mol. The van der Waals surface area contributed by atoms with Crippen LogP contribution in [0.5, 0.6) is 5.75 Å². The van der Waals surface area contributed by atoms with E-state index in [2.05, 4.69) is 22.6 Å². The summed E-state index contributed by atoms with van der Waals surface area (Å²) >= 11 is 5.39. The van der Waals surface area contributed by atoms with E-state index in [0.29, 0.717) is 15.2 Å². The number of carboxylic acids is 1. The molecule has 0 aliphatic carbocycles. The number of rotatable bonds is 2. The van der Waals surface area contributed by atoms with Crippen molar-refractivity contribution in [3.8, 4) is 5.75 Å². The molecule has 1 amide bonds. The van der Waals surface area contributed by atoms with Gasteiger partial charge in [0, 0.05) is 9.32 Å². The number of halogens is 2. The lowest BCUT2D eigenvalue weighted by atomic mass is 10.1. The van der Waals surface area contributed by atoms with E-state index in [1.54, 1.807) is 12.1 Å². The minimum absolute atomic E-state index is 0.0907. The molecule has 0 saturated carbocycles. The summed E-state index contributed by atoms with van der Waals surface area (Å²) in [4.78, 5) is 24.7. The molecule has 1 aromatic rings. The molecule has 0 aromatic heterocycles. The van der Waals surface area contributed by atoms with Gasteiger partial charge in [0.1, 0.15) is 11.8 Å². The van der Waals surface area contributed by atoms with Crippen molar-refractivity contribution in [3.63, 3.8) is 0 Å². The number of thioether (sulfide) groups is 1. The van der Waals surface area contributed by atoms with Gasteiger partial charge in [0.2, 0.25) is 0 Å². The highest BCUT2D eigenvalue weighted by molar-refractivity contribution is 14.1. The van der Waals surface area contributed by atoms with Gasteiger partial charge in [-0.2, -0.15) is 0 Å². The predicted molar refractivity (Wildman–Crippen MR) is 88.5 cm³/mol. The van der Waals surface area contributed by atoms with Crippen LogP contribution < -0.4 is 0 Å². The molecule has 19 heavy (non-hydrogen) atoms. The molecule has 0 radical (unpaired) electrons. The van der Waals surface area contributed by atoms with E-state index in [1.165, 1.54) is 16.7 Å². The second-order valence-corrected chi connectivity index (χ2v) is 7.32. The first-order chi connectivity index (χ1) is 8.91. The molecule has 1 aliphatic heterocycles. The molecular weight excluding hydrogens is 496 g/mol. The lowest BCUT2D eigenvalue weighted by Crippen LogP contribution is -2.41. The number of carboxylic acid groups (broad SMARTS) is 1. The Morgan fingerprint density at radius 1 is 1.37 bits per heavy atom. The Hall–Kier alpha value is -0.230. The van der Waals surface area contributed by atoms with Crippen LogP contribution in [0.25, 0.3) is 0 Å². The third-order valence-corrected chi connectivity index (χ3v) is 5.14. The summed E-state index contributed by atoms with van der Waals surface area (Å²) in [7, 11) is 0. The van der Waals surface area contributed by atoms with E-state index >= 15 is 0 Å². The number of carbonyl (C=O) groups is 2. The smallest absolute Gasteiger partial charge is 0.327 e. The Bertz CT molecular complexity index is 552. The number of carbonyl (C=O) groups excluding carboxylic acids is 1. The van der Waals surface area contributed by atoms with Crippen molar-refractivity contribution in [1.82, 2.24) is 4.90 Å².